The van der Waals surface area contributed by atoms with Crippen molar-refractivity contribution in [3.8, 4) is 0 Å². The summed E-state index contributed by atoms with van der Waals surface area (Å²) in [6.45, 7) is -0.649. The van der Waals surface area contributed by atoms with Gasteiger partial charge in [0.05, 0.1) is 25.2 Å². The van der Waals surface area contributed by atoms with Crippen LogP contribution in [-0.4, -0.2) is 36.8 Å². The molecule has 1 N–H and O–H groups in total. The number of carboxylic acid groups (broad SMARTS) is 1. The summed E-state index contributed by atoms with van der Waals surface area (Å²) < 4.78 is 43.6. The molecule has 0 amide bonds. The summed E-state index contributed by atoms with van der Waals surface area (Å²) in [5, 5.41) is 8.74. The zero-order chi connectivity index (χ0) is 12.9. The van der Waals surface area contributed by atoms with E-state index in [1.54, 1.807) is 0 Å². The molecule has 100 valence electrons. The second-order valence-corrected chi connectivity index (χ2v) is 3.98. The SMILES string of the molecule is O=C(O)C1CCC(OCCOC(F)(F)F)CC1. The summed E-state index contributed by atoms with van der Waals surface area (Å²) in [7, 11) is 0. The summed E-state index contributed by atoms with van der Waals surface area (Å²) in [4.78, 5) is 10.6. The number of carboxylic acids is 1. The lowest BCUT2D eigenvalue weighted by atomic mass is 9.87. The Hall–Kier alpha value is -0.820. The summed E-state index contributed by atoms with van der Waals surface area (Å²) in [6.07, 6.45) is -2.60. The molecule has 17 heavy (non-hydrogen) atoms. The van der Waals surface area contributed by atoms with Crippen molar-refractivity contribution in [2.24, 2.45) is 5.92 Å². The average Bonchev–Trinajstić information content (AvgIpc) is 2.24. The Morgan fingerprint density at radius 1 is 1.18 bits per heavy atom. The molecule has 0 spiro atoms. The Morgan fingerprint density at radius 2 is 1.76 bits per heavy atom. The Bertz CT molecular complexity index is 246. The van der Waals surface area contributed by atoms with Gasteiger partial charge in [-0.05, 0) is 25.7 Å². The van der Waals surface area contributed by atoms with Crippen molar-refractivity contribution in [1.29, 1.82) is 0 Å². The fraction of sp³-hybridized carbons (Fsp3) is 0.900. The van der Waals surface area contributed by atoms with Crippen molar-refractivity contribution in [3.05, 3.63) is 0 Å². The van der Waals surface area contributed by atoms with Crippen molar-refractivity contribution >= 4 is 5.97 Å². The molecule has 0 atom stereocenters. The Kier molecular flexibility index (Phi) is 5.20. The summed E-state index contributed by atoms with van der Waals surface area (Å²) in [6, 6.07) is 0. The molecule has 0 aromatic rings. The van der Waals surface area contributed by atoms with Crippen LogP contribution in [0.15, 0.2) is 0 Å². The summed E-state index contributed by atoms with van der Waals surface area (Å²) in [5.74, 6) is -1.16. The zero-order valence-corrected chi connectivity index (χ0v) is 9.20. The van der Waals surface area contributed by atoms with E-state index in [2.05, 4.69) is 4.74 Å². The van der Waals surface area contributed by atoms with Crippen LogP contribution in [0.4, 0.5) is 13.2 Å². The third kappa shape index (κ3) is 5.88. The molecule has 1 aliphatic carbocycles. The number of halogens is 3. The van der Waals surface area contributed by atoms with Gasteiger partial charge in [0.2, 0.25) is 0 Å². The second kappa shape index (κ2) is 6.20. The van der Waals surface area contributed by atoms with Gasteiger partial charge in [-0.25, -0.2) is 0 Å². The minimum atomic E-state index is -4.62. The molecule has 0 aromatic heterocycles. The van der Waals surface area contributed by atoms with E-state index in [9.17, 15) is 18.0 Å². The van der Waals surface area contributed by atoms with E-state index in [-0.39, 0.29) is 18.6 Å². The number of carbonyl (C=O) groups is 1. The first-order valence-electron chi connectivity index (χ1n) is 5.43. The van der Waals surface area contributed by atoms with Gasteiger partial charge < -0.3 is 9.84 Å². The minimum absolute atomic E-state index is 0.123. The van der Waals surface area contributed by atoms with E-state index in [0.717, 1.165) is 0 Å². The maximum atomic E-state index is 11.6. The standard InChI is InChI=1S/C10H15F3O4/c11-10(12,13)17-6-5-16-8-3-1-7(2-4-8)9(14)15/h7-8H,1-6H2,(H,14,15). The largest absolute Gasteiger partial charge is 0.522 e. The molecule has 1 rings (SSSR count). The first-order valence-corrected chi connectivity index (χ1v) is 5.43. The van der Waals surface area contributed by atoms with Crippen LogP contribution in [0.25, 0.3) is 0 Å². The highest BCUT2D eigenvalue weighted by Gasteiger charge is 2.29. The molecule has 1 saturated carbocycles. The molecule has 1 fully saturated rings. The van der Waals surface area contributed by atoms with Gasteiger partial charge in [0.1, 0.15) is 0 Å². The van der Waals surface area contributed by atoms with E-state index in [1.807, 2.05) is 0 Å². The Morgan fingerprint density at radius 3 is 2.24 bits per heavy atom. The number of ether oxygens (including phenoxy) is 2. The van der Waals surface area contributed by atoms with Crippen molar-refractivity contribution in [3.63, 3.8) is 0 Å². The molecule has 0 heterocycles. The number of rotatable bonds is 5. The van der Waals surface area contributed by atoms with Gasteiger partial charge in [-0.15, -0.1) is 13.2 Å². The zero-order valence-electron chi connectivity index (χ0n) is 9.20. The number of hydrogen-bond acceptors (Lipinski definition) is 3. The van der Waals surface area contributed by atoms with Crippen molar-refractivity contribution in [2.75, 3.05) is 13.2 Å². The minimum Gasteiger partial charge on any atom is -0.481 e. The van der Waals surface area contributed by atoms with Gasteiger partial charge in [-0.3, -0.25) is 9.53 Å². The highest BCUT2D eigenvalue weighted by molar-refractivity contribution is 5.69. The van der Waals surface area contributed by atoms with E-state index in [0.29, 0.717) is 25.7 Å². The van der Waals surface area contributed by atoms with Crippen LogP contribution in [-0.2, 0) is 14.3 Å². The van der Waals surface area contributed by atoms with E-state index in [4.69, 9.17) is 9.84 Å². The van der Waals surface area contributed by atoms with Crippen LogP contribution < -0.4 is 0 Å². The van der Waals surface area contributed by atoms with Gasteiger partial charge in [0, 0.05) is 0 Å². The monoisotopic (exact) mass is 256 g/mol. The lowest BCUT2D eigenvalue weighted by Gasteiger charge is -2.26. The molecular weight excluding hydrogens is 241 g/mol. The molecule has 0 bridgehead atoms. The van der Waals surface area contributed by atoms with Gasteiger partial charge in [0.15, 0.2) is 0 Å². The maximum absolute atomic E-state index is 11.6. The first kappa shape index (κ1) is 14.2. The van der Waals surface area contributed by atoms with Crippen LogP contribution in [0.2, 0.25) is 0 Å². The highest BCUT2D eigenvalue weighted by Crippen LogP contribution is 2.26. The predicted molar refractivity (Wildman–Crippen MR) is 51.3 cm³/mol. The molecular formula is C10H15F3O4. The molecule has 0 unspecified atom stereocenters. The fourth-order valence-corrected chi connectivity index (χ4v) is 1.85. The quantitative estimate of drug-likeness (QED) is 0.766. The van der Waals surface area contributed by atoms with Gasteiger partial charge in [-0.2, -0.15) is 0 Å². The fourth-order valence-electron chi connectivity index (χ4n) is 1.85. The first-order chi connectivity index (χ1) is 7.88. The third-order valence-electron chi connectivity index (χ3n) is 2.73. The lowest BCUT2D eigenvalue weighted by Crippen LogP contribution is -2.27. The summed E-state index contributed by atoms with van der Waals surface area (Å²) >= 11 is 0. The normalized spacial score (nSPS) is 25.8. The van der Waals surface area contributed by atoms with Crippen LogP contribution in [0.1, 0.15) is 25.7 Å². The van der Waals surface area contributed by atoms with Crippen LogP contribution in [0.5, 0.6) is 0 Å². The second-order valence-electron chi connectivity index (χ2n) is 3.98. The average molecular weight is 256 g/mol. The molecule has 0 radical (unpaired) electrons. The van der Waals surface area contributed by atoms with Crippen LogP contribution in [0, 0.1) is 5.92 Å². The van der Waals surface area contributed by atoms with Crippen LogP contribution >= 0.6 is 0 Å². The summed E-state index contributed by atoms with van der Waals surface area (Å²) in [5.41, 5.74) is 0. The number of aliphatic carboxylic acids is 1. The Balaban J connectivity index is 2.09. The Labute approximate surface area is 96.7 Å². The van der Waals surface area contributed by atoms with Gasteiger partial charge in [0.25, 0.3) is 0 Å². The molecule has 1 aliphatic rings. The predicted octanol–water partition coefficient (Wildman–Crippen LogP) is 2.18. The van der Waals surface area contributed by atoms with Crippen LogP contribution in [0.3, 0.4) is 0 Å². The van der Waals surface area contributed by atoms with E-state index < -0.39 is 18.9 Å². The highest BCUT2D eigenvalue weighted by atomic mass is 19.4. The van der Waals surface area contributed by atoms with E-state index in [1.165, 1.54) is 0 Å². The molecule has 0 aromatic carbocycles. The third-order valence-corrected chi connectivity index (χ3v) is 2.73. The lowest BCUT2D eigenvalue weighted by molar-refractivity contribution is -0.327. The van der Waals surface area contributed by atoms with Gasteiger partial charge in [-0.1, -0.05) is 0 Å². The molecule has 4 nitrogen and oxygen atoms in total. The van der Waals surface area contributed by atoms with Crippen molar-refractivity contribution in [2.45, 2.75) is 38.1 Å². The molecule has 0 saturated heterocycles. The van der Waals surface area contributed by atoms with E-state index >= 15 is 0 Å². The van der Waals surface area contributed by atoms with Crippen molar-refractivity contribution in [1.82, 2.24) is 0 Å². The topological polar surface area (TPSA) is 55.8 Å². The maximum Gasteiger partial charge on any atom is 0.522 e. The smallest absolute Gasteiger partial charge is 0.481 e. The molecule has 0 aliphatic heterocycles. The number of alkyl halides is 3. The molecule has 7 heteroatoms. The van der Waals surface area contributed by atoms with Crippen molar-refractivity contribution < 1.29 is 32.5 Å². The number of hydrogen-bond donors (Lipinski definition) is 1. The van der Waals surface area contributed by atoms with Gasteiger partial charge >= 0.3 is 12.3 Å².